The Bertz CT molecular complexity index is 637. The third-order valence-electron chi connectivity index (χ3n) is 3.85. The second-order valence-electron chi connectivity index (χ2n) is 5.67. The molecule has 3 heterocycles. The number of aryl methyl sites for hydroxylation is 1. The summed E-state index contributed by atoms with van der Waals surface area (Å²) in [6.07, 6.45) is 3.69. The van der Waals surface area contributed by atoms with Crippen LogP contribution in [0.15, 0.2) is 29.9 Å². The van der Waals surface area contributed by atoms with Gasteiger partial charge in [0, 0.05) is 56.2 Å². The Kier molecular flexibility index (Phi) is 5.19. The monoisotopic (exact) mass is 331 g/mol. The summed E-state index contributed by atoms with van der Waals surface area (Å²) in [5.41, 5.74) is 2.22. The average molecular weight is 331 g/mol. The molecule has 122 valence electrons. The van der Waals surface area contributed by atoms with E-state index in [-0.39, 0.29) is 6.03 Å². The van der Waals surface area contributed by atoms with Gasteiger partial charge >= 0.3 is 6.03 Å². The molecule has 0 aromatic carbocycles. The molecule has 1 saturated heterocycles. The number of pyridine rings is 1. The molecule has 0 unspecified atom stereocenters. The van der Waals surface area contributed by atoms with Gasteiger partial charge in [-0.2, -0.15) is 0 Å². The van der Waals surface area contributed by atoms with Crippen LogP contribution in [0.1, 0.15) is 16.3 Å². The fourth-order valence-corrected chi connectivity index (χ4v) is 3.32. The Labute approximate surface area is 140 Å². The molecule has 7 heteroatoms. The van der Waals surface area contributed by atoms with E-state index in [1.54, 1.807) is 17.5 Å². The Morgan fingerprint density at radius 2 is 2.17 bits per heavy atom. The maximum Gasteiger partial charge on any atom is 0.317 e. The smallest absolute Gasteiger partial charge is 0.317 e. The number of thiazole rings is 1. The van der Waals surface area contributed by atoms with Crippen LogP contribution in [0.25, 0.3) is 0 Å². The van der Waals surface area contributed by atoms with E-state index >= 15 is 0 Å². The van der Waals surface area contributed by atoms with Crippen molar-refractivity contribution >= 4 is 17.4 Å². The molecule has 2 aromatic rings. The Morgan fingerprint density at radius 3 is 2.83 bits per heavy atom. The van der Waals surface area contributed by atoms with Gasteiger partial charge in [0.2, 0.25) is 0 Å². The molecule has 1 fully saturated rings. The van der Waals surface area contributed by atoms with Crippen LogP contribution >= 0.6 is 11.3 Å². The van der Waals surface area contributed by atoms with Crippen molar-refractivity contribution < 1.29 is 4.79 Å². The number of rotatable bonds is 4. The number of carbonyl (C=O) groups excluding carboxylic acids is 1. The van der Waals surface area contributed by atoms with Gasteiger partial charge in [0.05, 0.1) is 6.54 Å². The topological polar surface area (TPSA) is 61.4 Å². The molecule has 0 aliphatic carbocycles. The number of hydrogen-bond acceptors (Lipinski definition) is 5. The van der Waals surface area contributed by atoms with Crippen molar-refractivity contribution in [1.82, 2.24) is 25.1 Å². The van der Waals surface area contributed by atoms with Crippen molar-refractivity contribution in [1.29, 1.82) is 0 Å². The second-order valence-corrected chi connectivity index (χ2v) is 6.61. The largest absolute Gasteiger partial charge is 0.331 e. The predicted molar refractivity (Wildman–Crippen MR) is 90.2 cm³/mol. The molecule has 1 N–H and O–H groups in total. The Balaban J connectivity index is 1.42. The zero-order valence-electron chi connectivity index (χ0n) is 13.2. The van der Waals surface area contributed by atoms with Crippen molar-refractivity contribution in [2.75, 3.05) is 26.2 Å². The Morgan fingerprint density at radius 1 is 1.35 bits per heavy atom. The lowest BCUT2D eigenvalue weighted by molar-refractivity contribution is 0.135. The molecule has 0 atom stereocenters. The van der Waals surface area contributed by atoms with Crippen LogP contribution in [0.3, 0.4) is 0 Å². The molecule has 23 heavy (non-hydrogen) atoms. The van der Waals surface area contributed by atoms with Crippen LogP contribution in [0.4, 0.5) is 4.79 Å². The Hall–Kier alpha value is -1.99. The molecule has 2 amide bonds. The lowest BCUT2D eigenvalue weighted by Crippen LogP contribution is -2.51. The molecular weight excluding hydrogens is 310 g/mol. The standard InChI is InChI=1S/C16H21N5OS/c1-13-12-23-15(19-13)10-18-16(22)21-7-5-20(6-8-21)11-14-3-2-4-17-9-14/h2-4,9,12H,5-8,10-11H2,1H3,(H,18,22). The van der Waals surface area contributed by atoms with Crippen LogP contribution in [0, 0.1) is 6.92 Å². The van der Waals surface area contributed by atoms with Gasteiger partial charge in [0.15, 0.2) is 0 Å². The minimum Gasteiger partial charge on any atom is -0.331 e. The maximum atomic E-state index is 12.2. The van der Waals surface area contributed by atoms with Gasteiger partial charge < -0.3 is 10.2 Å². The molecule has 0 saturated carbocycles. The van der Waals surface area contributed by atoms with Crippen molar-refractivity contribution in [3.8, 4) is 0 Å². The normalized spacial score (nSPS) is 15.6. The van der Waals surface area contributed by atoms with E-state index in [0.717, 1.165) is 43.4 Å². The van der Waals surface area contributed by atoms with Gasteiger partial charge in [-0.05, 0) is 18.6 Å². The van der Waals surface area contributed by atoms with Crippen LogP contribution in [-0.4, -0.2) is 52.0 Å². The maximum absolute atomic E-state index is 12.2. The molecule has 1 aliphatic heterocycles. The number of nitrogens with one attached hydrogen (secondary N) is 1. The summed E-state index contributed by atoms with van der Waals surface area (Å²) >= 11 is 1.58. The summed E-state index contributed by atoms with van der Waals surface area (Å²) in [5.74, 6) is 0. The zero-order valence-corrected chi connectivity index (χ0v) is 14.1. The first-order chi connectivity index (χ1) is 11.2. The first kappa shape index (κ1) is 15.9. The molecule has 2 aromatic heterocycles. The SMILES string of the molecule is Cc1csc(CNC(=O)N2CCN(Cc3cccnc3)CC2)n1. The van der Waals surface area contributed by atoms with Gasteiger partial charge in [0.1, 0.15) is 5.01 Å². The van der Waals surface area contributed by atoms with Gasteiger partial charge in [-0.15, -0.1) is 11.3 Å². The van der Waals surface area contributed by atoms with Crippen LogP contribution in [0.2, 0.25) is 0 Å². The lowest BCUT2D eigenvalue weighted by Gasteiger charge is -2.34. The lowest BCUT2D eigenvalue weighted by atomic mass is 10.2. The minimum absolute atomic E-state index is 0.00104. The van der Waals surface area contributed by atoms with E-state index < -0.39 is 0 Å². The third kappa shape index (κ3) is 4.49. The first-order valence-corrected chi connectivity index (χ1v) is 8.64. The van der Waals surface area contributed by atoms with Crippen molar-refractivity contribution in [3.63, 3.8) is 0 Å². The summed E-state index contributed by atoms with van der Waals surface area (Å²) in [4.78, 5) is 24.9. The third-order valence-corrected chi connectivity index (χ3v) is 4.81. The van der Waals surface area contributed by atoms with Gasteiger partial charge in [0.25, 0.3) is 0 Å². The highest BCUT2D eigenvalue weighted by Crippen LogP contribution is 2.10. The van der Waals surface area contributed by atoms with Gasteiger partial charge in [-0.3, -0.25) is 9.88 Å². The molecular formula is C16H21N5OS. The number of aromatic nitrogens is 2. The van der Waals surface area contributed by atoms with Crippen molar-refractivity contribution in [2.24, 2.45) is 0 Å². The number of piperazine rings is 1. The van der Waals surface area contributed by atoms with E-state index in [9.17, 15) is 4.79 Å². The molecule has 0 radical (unpaired) electrons. The first-order valence-electron chi connectivity index (χ1n) is 7.76. The van der Waals surface area contributed by atoms with E-state index in [4.69, 9.17) is 0 Å². The highest BCUT2D eigenvalue weighted by molar-refractivity contribution is 7.09. The summed E-state index contributed by atoms with van der Waals surface area (Å²) in [5, 5.41) is 5.90. The van der Waals surface area contributed by atoms with E-state index in [0.29, 0.717) is 6.54 Å². The fourth-order valence-electron chi connectivity index (χ4n) is 2.61. The number of amides is 2. The molecule has 3 rings (SSSR count). The quantitative estimate of drug-likeness (QED) is 0.929. The molecule has 0 bridgehead atoms. The second kappa shape index (κ2) is 7.52. The van der Waals surface area contributed by atoms with Crippen molar-refractivity contribution in [2.45, 2.75) is 20.0 Å². The summed E-state index contributed by atoms with van der Waals surface area (Å²) < 4.78 is 0. The van der Waals surface area contributed by atoms with Gasteiger partial charge in [-0.25, -0.2) is 9.78 Å². The molecule has 1 aliphatic rings. The van der Waals surface area contributed by atoms with E-state index in [2.05, 4.69) is 26.3 Å². The average Bonchev–Trinajstić information content (AvgIpc) is 3.00. The fraction of sp³-hybridized carbons (Fsp3) is 0.438. The predicted octanol–water partition coefficient (Wildman–Crippen LogP) is 1.87. The molecule has 6 nitrogen and oxygen atoms in total. The summed E-state index contributed by atoms with van der Waals surface area (Å²) in [6, 6.07) is 4.04. The summed E-state index contributed by atoms with van der Waals surface area (Å²) in [7, 11) is 0. The van der Waals surface area contributed by atoms with Crippen LogP contribution in [-0.2, 0) is 13.1 Å². The molecule has 0 spiro atoms. The van der Waals surface area contributed by atoms with E-state index in [1.165, 1.54) is 5.56 Å². The van der Waals surface area contributed by atoms with Crippen molar-refractivity contribution in [3.05, 3.63) is 46.2 Å². The number of hydrogen-bond donors (Lipinski definition) is 1. The van der Waals surface area contributed by atoms with E-state index in [1.807, 2.05) is 29.5 Å². The zero-order chi connectivity index (χ0) is 16.1. The number of urea groups is 1. The highest BCUT2D eigenvalue weighted by atomic mass is 32.1. The highest BCUT2D eigenvalue weighted by Gasteiger charge is 2.21. The minimum atomic E-state index is -0.00104. The summed E-state index contributed by atoms with van der Waals surface area (Å²) in [6.45, 7) is 6.64. The van der Waals surface area contributed by atoms with Crippen LogP contribution in [0.5, 0.6) is 0 Å². The van der Waals surface area contributed by atoms with Crippen LogP contribution < -0.4 is 5.32 Å². The number of nitrogens with zero attached hydrogens (tertiary/aromatic N) is 4. The van der Waals surface area contributed by atoms with Gasteiger partial charge in [-0.1, -0.05) is 6.07 Å². The number of carbonyl (C=O) groups is 1.